The molecular weight excluding hydrogens is 304 g/mol. The Hall–Kier alpha value is -1.92. The number of carbonyl (C=O) groups is 2. The van der Waals surface area contributed by atoms with Crippen LogP contribution in [0, 0.1) is 0 Å². The van der Waals surface area contributed by atoms with Crippen molar-refractivity contribution in [2.75, 3.05) is 32.7 Å². The van der Waals surface area contributed by atoms with Crippen LogP contribution < -0.4 is 11.1 Å². The summed E-state index contributed by atoms with van der Waals surface area (Å²) in [7, 11) is 0. The van der Waals surface area contributed by atoms with E-state index in [-0.39, 0.29) is 23.9 Å². The van der Waals surface area contributed by atoms with Crippen molar-refractivity contribution >= 4 is 11.8 Å². The Balaban J connectivity index is 1.75. The van der Waals surface area contributed by atoms with Crippen LogP contribution in [0.4, 0.5) is 0 Å². The monoisotopic (exact) mass is 332 g/mol. The molecule has 0 spiro atoms. The lowest BCUT2D eigenvalue weighted by Crippen LogP contribution is -2.51. The summed E-state index contributed by atoms with van der Waals surface area (Å²) in [6.45, 7) is 7.03. The molecule has 1 fully saturated rings. The third kappa shape index (κ3) is 5.62. The summed E-state index contributed by atoms with van der Waals surface area (Å²) < 4.78 is 0. The van der Waals surface area contributed by atoms with Crippen LogP contribution in [-0.2, 0) is 9.59 Å². The minimum atomic E-state index is -0.270. The second-order valence-corrected chi connectivity index (χ2v) is 6.60. The molecule has 2 amide bonds. The van der Waals surface area contributed by atoms with Gasteiger partial charge in [0.15, 0.2) is 0 Å². The first-order valence-electron chi connectivity index (χ1n) is 8.55. The summed E-state index contributed by atoms with van der Waals surface area (Å²) in [6.07, 6.45) is 0.317. The molecule has 6 nitrogen and oxygen atoms in total. The van der Waals surface area contributed by atoms with Gasteiger partial charge in [-0.05, 0) is 19.4 Å². The van der Waals surface area contributed by atoms with E-state index in [2.05, 4.69) is 10.2 Å². The van der Waals surface area contributed by atoms with E-state index in [1.54, 1.807) is 0 Å². The van der Waals surface area contributed by atoms with Crippen LogP contribution in [0.15, 0.2) is 30.3 Å². The Bertz CT molecular complexity index is 539. The van der Waals surface area contributed by atoms with Gasteiger partial charge in [-0.15, -0.1) is 0 Å². The number of rotatable bonds is 6. The van der Waals surface area contributed by atoms with Crippen molar-refractivity contribution in [2.24, 2.45) is 5.73 Å². The molecule has 1 aliphatic rings. The minimum absolute atomic E-state index is 0.0378. The zero-order valence-corrected chi connectivity index (χ0v) is 14.6. The molecule has 24 heavy (non-hydrogen) atoms. The lowest BCUT2D eigenvalue weighted by Gasteiger charge is -2.35. The lowest BCUT2D eigenvalue weighted by molar-refractivity contribution is -0.133. The number of nitrogens with two attached hydrogens (primary N) is 1. The number of hydrogen-bond donors (Lipinski definition) is 2. The summed E-state index contributed by atoms with van der Waals surface area (Å²) in [6, 6.07) is 9.58. The standard InChI is InChI=1S/C18H28N4O2/c1-14(2)20-17(23)13-21-8-10-22(11-9-21)18(24)12-16(19)15-6-4-3-5-7-15/h3-7,14,16H,8-13,19H2,1-2H3,(H,20,23). The van der Waals surface area contributed by atoms with Crippen LogP contribution in [0.25, 0.3) is 0 Å². The maximum atomic E-state index is 12.4. The van der Waals surface area contributed by atoms with Gasteiger partial charge in [0, 0.05) is 44.7 Å². The molecule has 132 valence electrons. The van der Waals surface area contributed by atoms with Crippen LogP contribution in [0.2, 0.25) is 0 Å². The van der Waals surface area contributed by atoms with E-state index >= 15 is 0 Å². The molecular formula is C18H28N4O2. The predicted molar refractivity (Wildman–Crippen MR) is 94.3 cm³/mol. The van der Waals surface area contributed by atoms with Crippen molar-refractivity contribution in [3.8, 4) is 0 Å². The van der Waals surface area contributed by atoms with Gasteiger partial charge in [-0.3, -0.25) is 14.5 Å². The molecule has 0 aromatic heterocycles. The Morgan fingerprint density at radius 2 is 1.75 bits per heavy atom. The summed E-state index contributed by atoms with van der Waals surface area (Å²) in [5.41, 5.74) is 7.11. The Morgan fingerprint density at radius 3 is 2.33 bits per heavy atom. The van der Waals surface area contributed by atoms with Crippen molar-refractivity contribution in [1.82, 2.24) is 15.1 Å². The van der Waals surface area contributed by atoms with Gasteiger partial charge in [-0.2, -0.15) is 0 Å². The van der Waals surface area contributed by atoms with Gasteiger partial charge in [0.2, 0.25) is 11.8 Å². The highest BCUT2D eigenvalue weighted by Gasteiger charge is 2.24. The summed E-state index contributed by atoms with van der Waals surface area (Å²) >= 11 is 0. The molecule has 3 N–H and O–H groups in total. The second kappa shape index (κ2) is 8.80. The van der Waals surface area contributed by atoms with Crippen molar-refractivity contribution in [3.05, 3.63) is 35.9 Å². The minimum Gasteiger partial charge on any atom is -0.353 e. The molecule has 1 heterocycles. The molecule has 1 unspecified atom stereocenters. The van der Waals surface area contributed by atoms with Crippen LogP contribution in [0.1, 0.15) is 31.9 Å². The fourth-order valence-corrected chi connectivity index (χ4v) is 2.86. The number of carbonyl (C=O) groups excluding carboxylic acids is 2. The lowest BCUT2D eigenvalue weighted by atomic mass is 10.0. The van der Waals surface area contributed by atoms with Crippen molar-refractivity contribution in [2.45, 2.75) is 32.4 Å². The maximum absolute atomic E-state index is 12.4. The summed E-state index contributed by atoms with van der Waals surface area (Å²) in [5.74, 6) is 0.119. The largest absolute Gasteiger partial charge is 0.353 e. The molecule has 0 saturated carbocycles. The van der Waals surface area contributed by atoms with Crippen molar-refractivity contribution < 1.29 is 9.59 Å². The fraction of sp³-hybridized carbons (Fsp3) is 0.556. The number of benzene rings is 1. The van der Waals surface area contributed by atoms with Crippen LogP contribution in [0.3, 0.4) is 0 Å². The average molecular weight is 332 g/mol. The van der Waals surface area contributed by atoms with E-state index in [0.717, 1.165) is 18.7 Å². The smallest absolute Gasteiger partial charge is 0.234 e. The number of piperazine rings is 1. The van der Waals surface area contributed by atoms with Gasteiger partial charge >= 0.3 is 0 Å². The Morgan fingerprint density at radius 1 is 1.12 bits per heavy atom. The first-order chi connectivity index (χ1) is 11.5. The summed E-state index contributed by atoms with van der Waals surface area (Å²) in [4.78, 5) is 28.1. The fourth-order valence-electron chi connectivity index (χ4n) is 2.86. The molecule has 1 aromatic rings. The molecule has 1 aliphatic heterocycles. The molecule has 1 atom stereocenters. The molecule has 0 aliphatic carbocycles. The van der Waals surface area contributed by atoms with E-state index in [0.29, 0.717) is 26.1 Å². The second-order valence-electron chi connectivity index (χ2n) is 6.60. The molecule has 1 saturated heterocycles. The van der Waals surface area contributed by atoms with Crippen LogP contribution in [0.5, 0.6) is 0 Å². The predicted octanol–water partition coefficient (Wildman–Crippen LogP) is 0.745. The van der Waals surface area contributed by atoms with Crippen LogP contribution in [-0.4, -0.2) is 60.4 Å². The topological polar surface area (TPSA) is 78.7 Å². The molecule has 0 radical (unpaired) electrons. The molecule has 6 heteroatoms. The van der Waals surface area contributed by atoms with Gasteiger partial charge in [-0.25, -0.2) is 0 Å². The highest BCUT2D eigenvalue weighted by Crippen LogP contribution is 2.15. The van der Waals surface area contributed by atoms with E-state index in [9.17, 15) is 9.59 Å². The van der Waals surface area contributed by atoms with Crippen molar-refractivity contribution in [1.29, 1.82) is 0 Å². The van der Waals surface area contributed by atoms with E-state index in [1.807, 2.05) is 49.1 Å². The Labute approximate surface area is 144 Å². The number of amides is 2. The summed E-state index contributed by atoms with van der Waals surface area (Å²) in [5, 5.41) is 2.89. The average Bonchev–Trinajstić information content (AvgIpc) is 2.55. The normalized spacial score (nSPS) is 16.9. The van der Waals surface area contributed by atoms with Gasteiger partial charge in [0.05, 0.1) is 6.54 Å². The molecule has 1 aromatic carbocycles. The quantitative estimate of drug-likeness (QED) is 0.806. The third-order valence-corrected chi connectivity index (χ3v) is 4.16. The van der Waals surface area contributed by atoms with Gasteiger partial charge in [0.1, 0.15) is 0 Å². The number of nitrogens with one attached hydrogen (secondary N) is 1. The zero-order valence-electron chi connectivity index (χ0n) is 14.6. The van der Waals surface area contributed by atoms with Gasteiger partial charge in [-0.1, -0.05) is 30.3 Å². The zero-order chi connectivity index (χ0) is 17.5. The van der Waals surface area contributed by atoms with Gasteiger partial charge in [0.25, 0.3) is 0 Å². The first-order valence-corrected chi connectivity index (χ1v) is 8.55. The molecule has 0 bridgehead atoms. The van der Waals surface area contributed by atoms with Crippen LogP contribution >= 0.6 is 0 Å². The van der Waals surface area contributed by atoms with Crippen molar-refractivity contribution in [3.63, 3.8) is 0 Å². The maximum Gasteiger partial charge on any atom is 0.234 e. The van der Waals surface area contributed by atoms with E-state index in [1.165, 1.54) is 0 Å². The first kappa shape index (κ1) is 18.4. The molecule has 2 rings (SSSR count). The number of hydrogen-bond acceptors (Lipinski definition) is 4. The highest BCUT2D eigenvalue weighted by atomic mass is 16.2. The van der Waals surface area contributed by atoms with Gasteiger partial charge < -0.3 is 16.0 Å². The Kier molecular flexibility index (Phi) is 6.75. The van der Waals surface area contributed by atoms with E-state index in [4.69, 9.17) is 5.73 Å². The third-order valence-electron chi connectivity index (χ3n) is 4.16. The van der Waals surface area contributed by atoms with E-state index < -0.39 is 0 Å². The SMILES string of the molecule is CC(C)NC(=O)CN1CCN(C(=O)CC(N)c2ccccc2)CC1. The highest BCUT2D eigenvalue weighted by molar-refractivity contribution is 5.78. The number of nitrogens with zero attached hydrogens (tertiary/aromatic N) is 2.